The second-order valence-corrected chi connectivity index (χ2v) is 5.01. The normalized spacial score (nSPS) is 11.9. The van der Waals surface area contributed by atoms with E-state index < -0.39 is 17.6 Å². The SMILES string of the molecule is CC(C)c1cc(-c2cccc(F)c2)cc(C(F)(F)F)c1. The van der Waals surface area contributed by atoms with Crippen LogP contribution in [-0.2, 0) is 6.18 Å². The largest absolute Gasteiger partial charge is 0.416 e. The Morgan fingerprint density at radius 3 is 2.15 bits per heavy atom. The molecule has 0 heterocycles. The van der Waals surface area contributed by atoms with E-state index in [1.54, 1.807) is 12.1 Å². The van der Waals surface area contributed by atoms with Crippen LogP contribution in [0.3, 0.4) is 0 Å². The summed E-state index contributed by atoms with van der Waals surface area (Å²) in [5.74, 6) is -0.504. The number of hydrogen-bond acceptors (Lipinski definition) is 0. The predicted molar refractivity (Wildman–Crippen MR) is 70.9 cm³/mol. The highest BCUT2D eigenvalue weighted by Crippen LogP contribution is 2.35. The topological polar surface area (TPSA) is 0 Å². The van der Waals surface area contributed by atoms with Gasteiger partial charge in [0.2, 0.25) is 0 Å². The molecule has 0 saturated carbocycles. The van der Waals surface area contributed by atoms with Crippen molar-refractivity contribution in [1.82, 2.24) is 0 Å². The zero-order valence-electron chi connectivity index (χ0n) is 11.1. The second kappa shape index (κ2) is 5.27. The molecule has 0 spiro atoms. The Hall–Kier alpha value is -1.84. The minimum absolute atomic E-state index is 0.0374. The van der Waals surface area contributed by atoms with Crippen molar-refractivity contribution >= 4 is 0 Å². The fourth-order valence-electron chi connectivity index (χ4n) is 1.98. The summed E-state index contributed by atoms with van der Waals surface area (Å²) in [5.41, 5.74) is 0.697. The molecule has 0 aliphatic heterocycles. The van der Waals surface area contributed by atoms with E-state index in [2.05, 4.69) is 0 Å². The molecule has 0 amide bonds. The molecule has 0 radical (unpaired) electrons. The van der Waals surface area contributed by atoms with E-state index in [0.29, 0.717) is 16.7 Å². The zero-order valence-corrected chi connectivity index (χ0v) is 11.1. The fourth-order valence-corrected chi connectivity index (χ4v) is 1.98. The van der Waals surface area contributed by atoms with E-state index in [0.717, 1.165) is 12.1 Å². The van der Waals surface area contributed by atoms with E-state index in [-0.39, 0.29) is 5.92 Å². The second-order valence-electron chi connectivity index (χ2n) is 5.01. The molecular formula is C16H14F4. The first kappa shape index (κ1) is 14.6. The Morgan fingerprint density at radius 1 is 0.900 bits per heavy atom. The molecule has 2 aromatic carbocycles. The summed E-state index contributed by atoms with van der Waals surface area (Å²) in [6.45, 7) is 3.65. The fraction of sp³-hybridized carbons (Fsp3) is 0.250. The molecule has 0 fully saturated rings. The van der Waals surface area contributed by atoms with Crippen LogP contribution in [0.1, 0.15) is 30.9 Å². The quantitative estimate of drug-likeness (QED) is 0.626. The summed E-state index contributed by atoms with van der Waals surface area (Å²) in [4.78, 5) is 0. The van der Waals surface area contributed by atoms with Gasteiger partial charge in [-0.2, -0.15) is 13.2 Å². The molecule has 0 atom stereocenters. The molecule has 0 saturated heterocycles. The van der Waals surface area contributed by atoms with Gasteiger partial charge in [-0.25, -0.2) is 4.39 Å². The molecule has 2 aromatic rings. The van der Waals surface area contributed by atoms with Crippen molar-refractivity contribution in [2.45, 2.75) is 25.9 Å². The average molecular weight is 282 g/mol. The van der Waals surface area contributed by atoms with Gasteiger partial charge in [-0.1, -0.05) is 32.0 Å². The van der Waals surface area contributed by atoms with Crippen LogP contribution in [0.25, 0.3) is 11.1 Å². The minimum atomic E-state index is -4.41. The van der Waals surface area contributed by atoms with E-state index >= 15 is 0 Å². The van der Waals surface area contributed by atoms with E-state index in [9.17, 15) is 17.6 Å². The third-order valence-corrected chi connectivity index (χ3v) is 3.11. The molecule has 0 N–H and O–H groups in total. The molecule has 0 aliphatic rings. The first-order valence-corrected chi connectivity index (χ1v) is 6.25. The first-order valence-electron chi connectivity index (χ1n) is 6.25. The van der Waals surface area contributed by atoms with E-state index in [1.165, 1.54) is 18.2 Å². The lowest BCUT2D eigenvalue weighted by Gasteiger charge is -2.14. The van der Waals surface area contributed by atoms with Gasteiger partial charge in [-0.05, 0) is 46.9 Å². The van der Waals surface area contributed by atoms with Crippen molar-refractivity contribution in [3.63, 3.8) is 0 Å². The molecule has 106 valence electrons. The van der Waals surface area contributed by atoms with Crippen molar-refractivity contribution in [2.24, 2.45) is 0 Å². The van der Waals surface area contributed by atoms with Gasteiger partial charge in [0.25, 0.3) is 0 Å². The maximum atomic E-state index is 13.2. The highest BCUT2D eigenvalue weighted by atomic mass is 19.4. The molecule has 4 heteroatoms. The minimum Gasteiger partial charge on any atom is -0.207 e. The maximum absolute atomic E-state index is 13.2. The molecule has 0 nitrogen and oxygen atoms in total. The summed E-state index contributed by atoms with van der Waals surface area (Å²) in [6.07, 6.45) is -4.41. The van der Waals surface area contributed by atoms with Gasteiger partial charge < -0.3 is 0 Å². The maximum Gasteiger partial charge on any atom is 0.416 e. The highest BCUT2D eigenvalue weighted by molar-refractivity contribution is 5.65. The number of benzene rings is 2. The number of hydrogen-bond donors (Lipinski definition) is 0. The summed E-state index contributed by atoms with van der Waals surface area (Å²) < 4.78 is 52.0. The molecular weight excluding hydrogens is 268 g/mol. The Bertz CT molecular complexity index is 612. The summed E-state index contributed by atoms with van der Waals surface area (Å²) in [5, 5.41) is 0. The summed E-state index contributed by atoms with van der Waals surface area (Å²) in [7, 11) is 0. The summed E-state index contributed by atoms with van der Waals surface area (Å²) in [6, 6.07) is 9.46. The van der Waals surface area contributed by atoms with Gasteiger partial charge in [-0.15, -0.1) is 0 Å². The highest BCUT2D eigenvalue weighted by Gasteiger charge is 2.31. The van der Waals surface area contributed by atoms with Crippen molar-refractivity contribution in [2.75, 3.05) is 0 Å². The standard InChI is InChI=1S/C16H14F4/c1-10(2)12-6-13(8-14(7-12)16(18,19)20)11-4-3-5-15(17)9-11/h3-10H,1-2H3. The average Bonchev–Trinajstić information content (AvgIpc) is 2.37. The van der Waals surface area contributed by atoms with E-state index in [4.69, 9.17) is 0 Å². The lowest BCUT2D eigenvalue weighted by atomic mass is 9.94. The van der Waals surface area contributed by atoms with Crippen LogP contribution in [0, 0.1) is 5.82 Å². The summed E-state index contributed by atoms with van der Waals surface area (Å²) >= 11 is 0. The van der Waals surface area contributed by atoms with E-state index in [1.807, 2.05) is 13.8 Å². The first-order chi connectivity index (χ1) is 9.27. The Labute approximate surface area is 115 Å². The van der Waals surface area contributed by atoms with Crippen LogP contribution in [0.2, 0.25) is 0 Å². The number of alkyl halides is 3. The van der Waals surface area contributed by atoms with Gasteiger partial charge in [0.05, 0.1) is 5.56 Å². The van der Waals surface area contributed by atoms with Crippen LogP contribution in [0.4, 0.5) is 17.6 Å². The van der Waals surface area contributed by atoms with Crippen molar-refractivity contribution in [3.05, 3.63) is 59.4 Å². The third kappa shape index (κ3) is 3.18. The lowest BCUT2D eigenvalue weighted by molar-refractivity contribution is -0.137. The predicted octanol–water partition coefficient (Wildman–Crippen LogP) is 5.63. The molecule has 0 aliphatic carbocycles. The molecule has 0 aromatic heterocycles. The van der Waals surface area contributed by atoms with Crippen molar-refractivity contribution < 1.29 is 17.6 Å². The van der Waals surface area contributed by atoms with Crippen molar-refractivity contribution in [1.29, 1.82) is 0 Å². The van der Waals surface area contributed by atoms with Crippen LogP contribution in [-0.4, -0.2) is 0 Å². The van der Waals surface area contributed by atoms with Crippen LogP contribution >= 0.6 is 0 Å². The Balaban J connectivity index is 2.61. The Kier molecular flexibility index (Phi) is 3.84. The molecule has 2 rings (SSSR count). The molecule has 0 bridgehead atoms. The number of halogens is 4. The van der Waals surface area contributed by atoms with Crippen LogP contribution < -0.4 is 0 Å². The van der Waals surface area contributed by atoms with Gasteiger partial charge in [0.15, 0.2) is 0 Å². The molecule has 20 heavy (non-hydrogen) atoms. The van der Waals surface area contributed by atoms with Crippen molar-refractivity contribution in [3.8, 4) is 11.1 Å². The number of rotatable bonds is 2. The van der Waals surface area contributed by atoms with Gasteiger partial charge >= 0.3 is 6.18 Å². The van der Waals surface area contributed by atoms with Crippen LogP contribution in [0.5, 0.6) is 0 Å². The Morgan fingerprint density at radius 2 is 1.60 bits per heavy atom. The zero-order chi connectivity index (χ0) is 14.9. The smallest absolute Gasteiger partial charge is 0.207 e. The van der Waals surface area contributed by atoms with Gasteiger partial charge in [0.1, 0.15) is 5.82 Å². The lowest BCUT2D eigenvalue weighted by Crippen LogP contribution is -2.06. The van der Waals surface area contributed by atoms with Crippen LogP contribution in [0.15, 0.2) is 42.5 Å². The van der Waals surface area contributed by atoms with Gasteiger partial charge in [-0.3, -0.25) is 0 Å². The molecule has 0 unspecified atom stereocenters. The van der Waals surface area contributed by atoms with Gasteiger partial charge in [0, 0.05) is 0 Å². The third-order valence-electron chi connectivity index (χ3n) is 3.11. The monoisotopic (exact) mass is 282 g/mol.